The summed E-state index contributed by atoms with van der Waals surface area (Å²) >= 11 is 0. The van der Waals surface area contributed by atoms with E-state index in [9.17, 15) is 19.5 Å². The second-order valence-corrected chi connectivity index (χ2v) is 9.19. The Morgan fingerprint density at radius 1 is 1.21 bits per heavy atom. The maximum Gasteiger partial charge on any atom is 0.250 e. The number of carbonyl (C=O) groups excluding carboxylic acids is 1. The lowest BCUT2D eigenvalue weighted by Gasteiger charge is -2.42. The first-order valence-corrected chi connectivity index (χ1v) is 11.3. The van der Waals surface area contributed by atoms with Crippen LogP contribution in [0, 0.1) is 5.92 Å². The van der Waals surface area contributed by atoms with Crippen molar-refractivity contribution in [3.05, 3.63) is 92.1 Å². The summed E-state index contributed by atoms with van der Waals surface area (Å²) in [7, 11) is 0. The number of nitrogens with zero attached hydrogens (tertiary/aromatic N) is 3. The van der Waals surface area contributed by atoms with Crippen LogP contribution < -0.4 is 16.7 Å². The van der Waals surface area contributed by atoms with Crippen LogP contribution in [0.5, 0.6) is 5.75 Å². The first-order chi connectivity index (χ1) is 16.4. The number of pyridine rings is 2. The van der Waals surface area contributed by atoms with Crippen molar-refractivity contribution in [3.8, 4) is 5.75 Å². The molecule has 3 aromatic rings. The largest absolute Gasteiger partial charge is 0.502 e. The molecule has 2 aliphatic heterocycles. The van der Waals surface area contributed by atoms with Crippen molar-refractivity contribution in [1.82, 2.24) is 14.5 Å². The van der Waals surface area contributed by atoms with Gasteiger partial charge in [-0.15, -0.1) is 0 Å². The van der Waals surface area contributed by atoms with E-state index in [1.54, 1.807) is 36.7 Å². The summed E-state index contributed by atoms with van der Waals surface area (Å²) in [5, 5.41) is 10.5. The number of hydrogen-bond donors (Lipinski definition) is 2. The van der Waals surface area contributed by atoms with Crippen molar-refractivity contribution in [2.24, 2.45) is 11.7 Å². The van der Waals surface area contributed by atoms with Crippen LogP contribution in [-0.2, 0) is 17.9 Å². The molecular weight excluding hydrogens is 436 g/mol. The molecule has 0 aromatic carbocycles. The van der Waals surface area contributed by atoms with Crippen molar-refractivity contribution in [3.63, 3.8) is 0 Å². The highest BCUT2D eigenvalue weighted by molar-refractivity contribution is 5.75. The number of aromatic nitrogens is 2. The molecule has 0 unspecified atom stereocenters. The summed E-state index contributed by atoms with van der Waals surface area (Å²) in [6, 6.07) is 10.2. The molecule has 5 heterocycles. The van der Waals surface area contributed by atoms with E-state index in [0.717, 1.165) is 25.2 Å². The smallest absolute Gasteiger partial charge is 0.250 e. The van der Waals surface area contributed by atoms with Crippen LogP contribution in [0.3, 0.4) is 0 Å². The van der Waals surface area contributed by atoms with Crippen molar-refractivity contribution in [1.29, 1.82) is 0 Å². The summed E-state index contributed by atoms with van der Waals surface area (Å²) in [5.41, 5.74) is 6.58. The van der Waals surface area contributed by atoms with Crippen LogP contribution in [0.1, 0.15) is 47.5 Å². The van der Waals surface area contributed by atoms with E-state index in [2.05, 4.69) is 9.88 Å². The Hall–Kier alpha value is -3.72. The summed E-state index contributed by atoms with van der Waals surface area (Å²) < 4.78 is 7.91. The molecule has 1 saturated heterocycles. The molecule has 3 aromatic heterocycles. The predicted molar refractivity (Wildman–Crippen MR) is 123 cm³/mol. The van der Waals surface area contributed by atoms with Crippen molar-refractivity contribution in [2.45, 2.75) is 37.8 Å². The number of amides is 1. The van der Waals surface area contributed by atoms with Crippen LogP contribution in [0.2, 0.25) is 0 Å². The lowest BCUT2D eigenvalue weighted by atomic mass is 9.83. The fourth-order valence-corrected chi connectivity index (χ4v) is 5.36. The van der Waals surface area contributed by atoms with Gasteiger partial charge in [0, 0.05) is 62.2 Å². The van der Waals surface area contributed by atoms with Crippen molar-refractivity contribution >= 4 is 5.91 Å². The number of likely N-dealkylation sites (tertiary alicyclic amines) is 1. The molecule has 176 valence electrons. The van der Waals surface area contributed by atoms with Crippen molar-refractivity contribution < 1.29 is 14.3 Å². The zero-order chi connectivity index (χ0) is 23.8. The quantitative estimate of drug-likeness (QED) is 0.568. The van der Waals surface area contributed by atoms with Crippen LogP contribution in [0.25, 0.3) is 0 Å². The molecule has 9 nitrogen and oxygen atoms in total. The van der Waals surface area contributed by atoms with Crippen molar-refractivity contribution in [2.75, 3.05) is 13.1 Å². The molecule has 2 bridgehead atoms. The number of rotatable bonds is 6. The number of nitrogens with two attached hydrogens (primary N) is 1. The molecule has 1 amide bonds. The normalized spacial score (nSPS) is 20.5. The Bertz CT molecular complexity index is 1330. The Morgan fingerprint density at radius 2 is 2.06 bits per heavy atom. The third kappa shape index (κ3) is 4.26. The second-order valence-electron chi connectivity index (χ2n) is 9.19. The Labute approximate surface area is 195 Å². The predicted octanol–water partition coefficient (Wildman–Crippen LogP) is 1.53. The van der Waals surface area contributed by atoms with E-state index < -0.39 is 23.0 Å². The average molecular weight is 463 g/mol. The highest BCUT2D eigenvalue weighted by atomic mass is 16.4. The van der Waals surface area contributed by atoms with E-state index in [1.165, 1.54) is 6.07 Å². The summed E-state index contributed by atoms with van der Waals surface area (Å²) in [6.07, 6.45) is 4.04. The van der Waals surface area contributed by atoms with Crippen LogP contribution in [0.15, 0.2) is 62.8 Å². The number of fused-ring (bicyclic) bond motifs is 4. The van der Waals surface area contributed by atoms with Crippen LogP contribution in [0.4, 0.5) is 0 Å². The topological polar surface area (TPSA) is 132 Å². The molecule has 2 aliphatic rings. The summed E-state index contributed by atoms with van der Waals surface area (Å²) in [5.74, 6) is -0.861. The van der Waals surface area contributed by atoms with Gasteiger partial charge in [-0.25, -0.2) is 0 Å². The Balaban J connectivity index is 1.44. The maximum absolute atomic E-state index is 12.6. The van der Waals surface area contributed by atoms with E-state index in [-0.39, 0.29) is 23.7 Å². The van der Waals surface area contributed by atoms with Gasteiger partial charge in [0.25, 0.3) is 5.56 Å². The standard InChI is InChI=1S/C25H26N4O5/c26-22(31)9-19(16-3-2-6-27-10-16)25-24(33)21(30)8-18(34-25)14-28-11-15-7-17(13-28)20-4-1-5-23(32)29(20)12-15/h1-6,8,10,15,17,19,33H,7,9,11-14H2,(H2,26,31)/t15-,17+,19+/m1/s1. The monoisotopic (exact) mass is 462 g/mol. The molecule has 3 atom stereocenters. The SMILES string of the molecule is NC(=O)C[C@@H](c1cccnc1)c1oc(CN2C[C@H]3C[C@@H](C2)c2cccc(=O)n2C3)cc(=O)c1O. The molecule has 0 spiro atoms. The minimum Gasteiger partial charge on any atom is -0.502 e. The van der Waals surface area contributed by atoms with Gasteiger partial charge < -0.3 is 19.8 Å². The highest BCUT2D eigenvalue weighted by Crippen LogP contribution is 2.36. The molecular formula is C25H26N4O5. The number of carbonyl (C=O) groups is 1. The molecule has 5 rings (SSSR count). The first kappa shape index (κ1) is 22.1. The maximum atomic E-state index is 12.6. The van der Waals surface area contributed by atoms with Crippen LogP contribution >= 0.6 is 0 Å². The van der Waals surface area contributed by atoms with E-state index >= 15 is 0 Å². The van der Waals surface area contributed by atoms with Gasteiger partial charge in [-0.2, -0.15) is 0 Å². The van der Waals surface area contributed by atoms with Gasteiger partial charge in [-0.3, -0.25) is 24.3 Å². The molecule has 0 aliphatic carbocycles. The highest BCUT2D eigenvalue weighted by Gasteiger charge is 2.35. The third-order valence-corrected chi connectivity index (χ3v) is 6.74. The molecule has 0 saturated carbocycles. The molecule has 3 N–H and O–H groups in total. The fourth-order valence-electron chi connectivity index (χ4n) is 5.36. The zero-order valence-electron chi connectivity index (χ0n) is 18.6. The lowest BCUT2D eigenvalue weighted by Crippen LogP contribution is -2.46. The number of primary amides is 1. The zero-order valence-corrected chi connectivity index (χ0v) is 18.6. The number of hydrogen-bond acceptors (Lipinski definition) is 7. The number of aromatic hydroxyl groups is 1. The molecule has 1 fully saturated rings. The fraction of sp³-hybridized carbons (Fsp3) is 0.360. The summed E-state index contributed by atoms with van der Waals surface area (Å²) in [6.45, 7) is 2.55. The van der Waals surface area contributed by atoms with Gasteiger partial charge in [0.1, 0.15) is 5.76 Å². The molecule has 34 heavy (non-hydrogen) atoms. The van der Waals surface area contributed by atoms with Crippen LogP contribution in [-0.4, -0.2) is 38.6 Å². The molecule has 0 radical (unpaired) electrons. The molecule has 9 heteroatoms. The average Bonchev–Trinajstić information content (AvgIpc) is 2.81. The van der Waals surface area contributed by atoms with Gasteiger partial charge in [0.05, 0.1) is 12.5 Å². The Kier molecular flexibility index (Phi) is 5.79. The number of piperidine rings is 1. The van der Waals surface area contributed by atoms with Gasteiger partial charge in [0.2, 0.25) is 17.1 Å². The lowest BCUT2D eigenvalue weighted by molar-refractivity contribution is -0.118. The van der Waals surface area contributed by atoms with Gasteiger partial charge in [-0.1, -0.05) is 12.1 Å². The van der Waals surface area contributed by atoms with Gasteiger partial charge >= 0.3 is 0 Å². The Morgan fingerprint density at radius 3 is 2.82 bits per heavy atom. The third-order valence-electron chi connectivity index (χ3n) is 6.74. The van der Waals surface area contributed by atoms with E-state index in [4.69, 9.17) is 10.2 Å². The van der Waals surface area contributed by atoms with E-state index in [0.29, 0.717) is 30.3 Å². The minimum absolute atomic E-state index is 0.0170. The summed E-state index contributed by atoms with van der Waals surface area (Å²) in [4.78, 5) is 42.9. The first-order valence-electron chi connectivity index (χ1n) is 11.3. The second kappa shape index (κ2) is 8.90. The van der Waals surface area contributed by atoms with Gasteiger partial charge in [-0.05, 0) is 30.0 Å². The minimum atomic E-state index is -0.724. The van der Waals surface area contributed by atoms with Gasteiger partial charge in [0.15, 0.2) is 5.76 Å². The van der Waals surface area contributed by atoms with E-state index in [1.807, 2.05) is 10.6 Å².